The minimum Gasteiger partial charge on any atom is -0.497 e. The predicted molar refractivity (Wildman–Crippen MR) is 153 cm³/mol. The molecule has 0 saturated carbocycles. The molecule has 0 aliphatic rings. The van der Waals surface area contributed by atoms with Crippen molar-refractivity contribution >= 4 is 25.2 Å². The molecule has 1 atom stereocenters. The molecule has 34 heavy (non-hydrogen) atoms. The first kappa shape index (κ1) is 28.7. The third kappa shape index (κ3) is 9.96. The molecule has 2 aromatic carbocycles. The Kier molecular flexibility index (Phi) is 11.9. The highest BCUT2D eigenvalue weighted by Gasteiger charge is 2.36. The first-order chi connectivity index (χ1) is 16.1. The van der Waals surface area contributed by atoms with Crippen LogP contribution in [0.2, 0.25) is 18.1 Å². The van der Waals surface area contributed by atoms with Gasteiger partial charge in [0.05, 0.1) is 7.11 Å². The van der Waals surface area contributed by atoms with Gasteiger partial charge in [-0.25, -0.2) is 0 Å². The van der Waals surface area contributed by atoms with E-state index >= 15 is 0 Å². The number of benzene rings is 2. The molecular weight excluding hydrogens is 432 g/mol. The van der Waals surface area contributed by atoms with Crippen LogP contribution in [0, 0.1) is 5.92 Å². The minimum atomic E-state index is -1.55. The summed E-state index contributed by atoms with van der Waals surface area (Å²) in [6.45, 7) is 15.0. The largest absolute Gasteiger partial charge is 0.497 e. The Hall–Kier alpha value is -1.58. The third-order valence-corrected chi connectivity index (χ3v) is 12.0. The zero-order chi connectivity index (χ0) is 25.0. The van der Waals surface area contributed by atoms with Gasteiger partial charge in [0.1, 0.15) is 5.75 Å². The number of allylic oxidation sites excluding steroid dienone is 1. The van der Waals surface area contributed by atoms with Crippen LogP contribution in [-0.4, -0.2) is 22.0 Å². The van der Waals surface area contributed by atoms with Gasteiger partial charge in [0.25, 0.3) is 0 Å². The van der Waals surface area contributed by atoms with Crippen LogP contribution in [0.25, 0.3) is 16.8 Å². The Labute approximate surface area is 211 Å². The van der Waals surface area contributed by atoms with E-state index in [2.05, 4.69) is 83.3 Å². The number of ether oxygens (including phenoxy) is 1. The van der Waals surface area contributed by atoms with Crippen molar-refractivity contribution in [3.05, 3.63) is 48.0 Å². The van der Waals surface area contributed by atoms with E-state index in [0.717, 1.165) is 12.4 Å². The summed E-state index contributed by atoms with van der Waals surface area (Å²) in [5.41, 5.74) is 1.28. The first-order valence-electron chi connectivity index (χ1n) is 13.5. The van der Waals surface area contributed by atoms with E-state index in [9.17, 15) is 0 Å². The molecule has 0 saturated heterocycles. The average molecular weight is 483 g/mol. The van der Waals surface area contributed by atoms with Crippen LogP contribution in [0.5, 0.6) is 5.75 Å². The minimum absolute atomic E-state index is 0.325. The summed E-state index contributed by atoms with van der Waals surface area (Å²) < 4.78 is 11.6. The van der Waals surface area contributed by atoms with Crippen molar-refractivity contribution in [1.29, 1.82) is 0 Å². The molecule has 0 radical (unpaired) electrons. The number of hydrogen-bond acceptors (Lipinski definition) is 2. The van der Waals surface area contributed by atoms with Crippen molar-refractivity contribution in [2.24, 2.45) is 5.92 Å². The summed E-state index contributed by atoms with van der Waals surface area (Å²) in [7, 11) is 0.163. The zero-order valence-corrected chi connectivity index (χ0v) is 24.1. The van der Waals surface area contributed by atoms with E-state index in [4.69, 9.17) is 9.16 Å². The second-order valence-corrected chi connectivity index (χ2v) is 16.3. The quantitative estimate of drug-likeness (QED) is 0.186. The van der Waals surface area contributed by atoms with E-state index in [-0.39, 0.29) is 0 Å². The van der Waals surface area contributed by atoms with E-state index in [0.29, 0.717) is 11.0 Å². The molecule has 0 unspecified atom stereocenters. The van der Waals surface area contributed by atoms with Crippen LogP contribution in [0.15, 0.2) is 42.5 Å². The van der Waals surface area contributed by atoms with Gasteiger partial charge in [0, 0.05) is 6.61 Å². The van der Waals surface area contributed by atoms with Gasteiger partial charge in [-0.3, -0.25) is 0 Å². The number of fused-ring (bicyclic) bond motifs is 1. The van der Waals surface area contributed by atoms with E-state index in [1.165, 1.54) is 74.1 Å². The van der Waals surface area contributed by atoms with E-state index in [1.54, 1.807) is 7.11 Å². The van der Waals surface area contributed by atoms with E-state index < -0.39 is 8.32 Å². The average Bonchev–Trinajstić information content (AvgIpc) is 2.79. The Morgan fingerprint density at radius 3 is 2.06 bits per heavy atom. The fourth-order valence-electron chi connectivity index (χ4n) is 4.02. The molecular formula is C31H50O2Si. The monoisotopic (exact) mass is 482 g/mol. The zero-order valence-electron chi connectivity index (χ0n) is 23.1. The summed E-state index contributed by atoms with van der Waals surface area (Å²) in [5.74, 6) is 1.54. The lowest BCUT2D eigenvalue weighted by molar-refractivity contribution is 0.277. The Morgan fingerprint density at radius 2 is 1.41 bits per heavy atom. The van der Waals surface area contributed by atoms with Crippen LogP contribution < -0.4 is 4.74 Å². The maximum absolute atomic E-state index is 6.28. The van der Waals surface area contributed by atoms with Crippen LogP contribution in [-0.2, 0) is 4.43 Å². The summed E-state index contributed by atoms with van der Waals surface area (Å²) in [6.07, 6.45) is 16.7. The summed E-state index contributed by atoms with van der Waals surface area (Å²) in [6, 6.07) is 12.9. The summed E-state index contributed by atoms with van der Waals surface area (Å²) >= 11 is 0. The normalized spacial score (nSPS) is 13.6. The molecule has 2 rings (SSSR count). The molecule has 190 valence electrons. The highest BCUT2D eigenvalue weighted by molar-refractivity contribution is 6.74. The number of rotatable bonds is 15. The molecule has 0 amide bonds. The van der Waals surface area contributed by atoms with Gasteiger partial charge in [-0.2, -0.15) is 0 Å². The Morgan fingerprint density at radius 1 is 0.824 bits per heavy atom. The fourth-order valence-corrected chi connectivity index (χ4v) is 5.11. The van der Waals surface area contributed by atoms with Crippen molar-refractivity contribution in [3.8, 4) is 5.75 Å². The van der Waals surface area contributed by atoms with Crippen LogP contribution >= 0.6 is 0 Å². The number of methoxy groups -OCH3 is 1. The molecule has 0 spiro atoms. The molecule has 0 aromatic heterocycles. The lowest BCUT2D eigenvalue weighted by atomic mass is 9.99. The molecule has 0 aliphatic heterocycles. The van der Waals surface area contributed by atoms with Crippen molar-refractivity contribution in [2.75, 3.05) is 13.7 Å². The molecule has 2 aromatic rings. The third-order valence-electron chi connectivity index (χ3n) is 7.51. The van der Waals surface area contributed by atoms with Gasteiger partial charge in [-0.1, -0.05) is 103 Å². The summed E-state index contributed by atoms with van der Waals surface area (Å²) in [5, 5.41) is 2.81. The first-order valence-corrected chi connectivity index (χ1v) is 16.4. The highest BCUT2D eigenvalue weighted by atomic mass is 28.4. The van der Waals surface area contributed by atoms with Crippen LogP contribution in [0.3, 0.4) is 0 Å². The van der Waals surface area contributed by atoms with Crippen molar-refractivity contribution < 1.29 is 9.16 Å². The van der Waals surface area contributed by atoms with E-state index in [1.807, 2.05) is 6.07 Å². The molecule has 0 bridgehead atoms. The fraction of sp³-hybridized carbons (Fsp3) is 0.613. The topological polar surface area (TPSA) is 18.5 Å². The van der Waals surface area contributed by atoms with Gasteiger partial charge >= 0.3 is 0 Å². The molecule has 0 N–H and O–H groups in total. The molecule has 0 heterocycles. The highest BCUT2D eigenvalue weighted by Crippen LogP contribution is 2.36. The smallest absolute Gasteiger partial charge is 0.191 e. The van der Waals surface area contributed by atoms with Gasteiger partial charge < -0.3 is 9.16 Å². The van der Waals surface area contributed by atoms with Gasteiger partial charge in [0.2, 0.25) is 0 Å². The maximum Gasteiger partial charge on any atom is 0.191 e. The second kappa shape index (κ2) is 14.1. The van der Waals surface area contributed by atoms with Crippen molar-refractivity contribution in [2.45, 2.75) is 104 Å². The van der Waals surface area contributed by atoms with Gasteiger partial charge in [-0.05, 0) is 71.4 Å². The Balaban J connectivity index is 1.52. The number of hydrogen-bond donors (Lipinski definition) is 0. The standard InChI is InChI=1S/C31H50O2Si/c1-26(17-18-27-19-20-29-25-30(32-5)22-21-28(29)24-27)16-14-12-10-8-9-11-13-15-23-33-34(6,7)31(2,3)4/h17-22,24-26H,8-16,23H2,1-7H3/b18-17+/t26-/m0/s1. The number of unbranched alkanes of at least 4 members (excludes halogenated alkanes) is 7. The van der Waals surface area contributed by atoms with Crippen LogP contribution in [0.4, 0.5) is 0 Å². The lowest BCUT2D eigenvalue weighted by Gasteiger charge is -2.36. The predicted octanol–water partition coefficient (Wildman–Crippen LogP) is 10.0. The molecule has 2 nitrogen and oxygen atoms in total. The maximum atomic E-state index is 6.28. The van der Waals surface area contributed by atoms with Gasteiger partial charge in [0.15, 0.2) is 8.32 Å². The van der Waals surface area contributed by atoms with Crippen molar-refractivity contribution in [3.63, 3.8) is 0 Å². The SMILES string of the molecule is COc1ccc2cc(/C=C/[C@@H](C)CCCCCCCCCCO[Si](C)(C)C(C)(C)C)ccc2c1. The lowest BCUT2D eigenvalue weighted by Crippen LogP contribution is -2.40. The molecule has 0 aliphatic carbocycles. The van der Waals surface area contributed by atoms with Crippen LogP contribution in [0.1, 0.15) is 91.0 Å². The Bertz CT molecular complexity index is 879. The van der Waals surface area contributed by atoms with Gasteiger partial charge in [-0.15, -0.1) is 0 Å². The molecule has 3 heteroatoms. The second-order valence-electron chi connectivity index (χ2n) is 11.5. The summed E-state index contributed by atoms with van der Waals surface area (Å²) in [4.78, 5) is 0. The molecule has 0 fully saturated rings. The van der Waals surface area contributed by atoms with Crippen molar-refractivity contribution in [1.82, 2.24) is 0 Å².